The van der Waals surface area contributed by atoms with E-state index in [1.54, 1.807) is 0 Å². The van der Waals surface area contributed by atoms with E-state index < -0.39 is 0 Å². The summed E-state index contributed by atoms with van der Waals surface area (Å²) in [5.41, 5.74) is 0. The van der Waals surface area contributed by atoms with Crippen molar-refractivity contribution in [3.8, 4) is 0 Å². The summed E-state index contributed by atoms with van der Waals surface area (Å²) in [6.45, 7) is 0.0922. The second-order valence-corrected chi connectivity index (χ2v) is 4.45. The molecule has 2 fully saturated rings. The molecule has 2 unspecified atom stereocenters. The summed E-state index contributed by atoms with van der Waals surface area (Å²) >= 11 is 0. The molecule has 1 heterocycles. The van der Waals surface area contributed by atoms with Crippen LogP contribution in [0.2, 0.25) is 0 Å². The van der Waals surface area contributed by atoms with Gasteiger partial charge in [0.25, 0.3) is 0 Å². The van der Waals surface area contributed by atoms with E-state index in [0.717, 1.165) is 17.7 Å². The Hall–Kier alpha value is -0.900. The highest BCUT2D eigenvalue weighted by Gasteiger charge is 2.47. The van der Waals surface area contributed by atoms with Crippen molar-refractivity contribution in [2.45, 2.75) is 31.6 Å². The molecule has 0 aromatic carbocycles. The first-order valence-electron chi connectivity index (χ1n) is 5.30. The van der Waals surface area contributed by atoms with Crippen molar-refractivity contribution in [1.29, 1.82) is 0 Å². The minimum atomic E-state index is 0.0922. The smallest absolute Gasteiger partial charge is 0.229 e. The van der Waals surface area contributed by atoms with Gasteiger partial charge in [-0.1, -0.05) is 5.16 Å². The molecule has 2 atom stereocenters. The lowest BCUT2D eigenvalue weighted by Crippen LogP contribution is -1.97. The van der Waals surface area contributed by atoms with Gasteiger partial charge in [-0.15, -0.1) is 0 Å². The van der Waals surface area contributed by atoms with E-state index in [2.05, 4.69) is 10.1 Å². The van der Waals surface area contributed by atoms with Crippen molar-refractivity contribution in [3.05, 3.63) is 11.7 Å². The van der Waals surface area contributed by atoms with Gasteiger partial charge in [-0.2, -0.15) is 4.98 Å². The first-order chi connectivity index (χ1) is 6.86. The average molecular weight is 194 g/mol. The molecule has 2 aliphatic rings. The molecular formula is C10H14N2O2. The van der Waals surface area contributed by atoms with Crippen LogP contribution in [0.4, 0.5) is 0 Å². The second kappa shape index (κ2) is 3.05. The molecule has 0 radical (unpaired) electrons. The topological polar surface area (TPSA) is 59.2 Å². The van der Waals surface area contributed by atoms with Crippen molar-refractivity contribution in [2.75, 3.05) is 6.61 Å². The van der Waals surface area contributed by atoms with Gasteiger partial charge in [-0.05, 0) is 31.1 Å². The van der Waals surface area contributed by atoms with E-state index in [4.69, 9.17) is 9.63 Å². The Labute approximate surface area is 82.3 Å². The molecule has 14 heavy (non-hydrogen) atoms. The van der Waals surface area contributed by atoms with Crippen LogP contribution in [0.25, 0.3) is 0 Å². The largest absolute Gasteiger partial charge is 0.396 e. The Kier molecular flexibility index (Phi) is 1.83. The Morgan fingerprint density at radius 2 is 2.07 bits per heavy atom. The molecule has 76 valence electrons. The van der Waals surface area contributed by atoms with Gasteiger partial charge in [0.2, 0.25) is 5.89 Å². The predicted octanol–water partition coefficient (Wildman–Crippen LogP) is 1.12. The second-order valence-electron chi connectivity index (χ2n) is 4.45. The Balaban J connectivity index is 1.70. The zero-order valence-corrected chi connectivity index (χ0v) is 8.02. The van der Waals surface area contributed by atoms with Crippen LogP contribution in [0, 0.1) is 11.8 Å². The number of aromatic nitrogens is 2. The summed E-state index contributed by atoms with van der Waals surface area (Å²) < 4.78 is 5.20. The normalized spacial score (nSPS) is 34.5. The first-order valence-corrected chi connectivity index (χ1v) is 5.30. The third-order valence-electron chi connectivity index (χ3n) is 3.41. The molecule has 1 N–H and O–H groups in total. The quantitative estimate of drug-likeness (QED) is 0.783. The highest BCUT2D eigenvalue weighted by Crippen LogP contribution is 2.57. The van der Waals surface area contributed by atoms with E-state index in [1.807, 2.05) is 0 Å². The van der Waals surface area contributed by atoms with Gasteiger partial charge in [0.1, 0.15) is 0 Å². The summed E-state index contributed by atoms with van der Waals surface area (Å²) in [5.74, 6) is 3.81. The fourth-order valence-corrected chi connectivity index (χ4v) is 2.55. The number of aliphatic hydroxyl groups is 1. The monoisotopic (exact) mass is 194 g/mol. The zero-order valence-electron chi connectivity index (χ0n) is 8.02. The molecule has 2 saturated carbocycles. The number of fused-ring (bicyclic) bond motifs is 1. The van der Waals surface area contributed by atoms with Crippen molar-refractivity contribution in [2.24, 2.45) is 11.8 Å². The summed E-state index contributed by atoms with van der Waals surface area (Å²) in [6.07, 6.45) is 4.37. The van der Waals surface area contributed by atoms with E-state index in [-0.39, 0.29) is 6.61 Å². The maximum atomic E-state index is 8.72. The Bertz CT molecular complexity index is 327. The maximum Gasteiger partial charge on any atom is 0.229 e. The van der Waals surface area contributed by atoms with Gasteiger partial charge in [0.05, 0.1) is 6.61 Å². The van der Waals surface area contributed by atoms with Crippen LogP contribution < -0.4 is 0 Å². The summed E-state index contributed by atoms with van der Waals surface area (Å²) in [6, 6.07) is 0. The molecule has 2 aliphatic carbocycles. The third kappa shape index (κ3) is 1.34. The molecule has 1 aromatic heterocycles. The number of rotatable bonds is 3. The van der Waals surface area contributed by atoms with Crippen LogP contribution in [-0.4, -0.2) is 21.9 Å². The standard InChI is InChI=1S/C10H14N2O2/c13-2-1-9-11-10(14-12-9)8-4-6-3-7(6)5-8/h6-8,13H,1-5H2. The van der Waals surface area contributed by atoms with Gasteiger partial charge in [-0.3, -0.25) is 0 Å². The molecular weight excluding hydrogens is 180 g/mol. The summed E-state index contributed by atoms with van der Waals surface area (Å²) in [5, 5.41) is 12.6. The highest BCUT2D eigenvalue weighted by molar-refractivity contribution is 5.06. The van der Waals surface area contributed by atoms with Crippen molar-refractivity contribution >= 4 is 0 Å². The average Bonchev–Trinajstić information content (AvgIpc) is 2.68. The van der Waals surface area contributed by atoms with Crippen LogP contribution in [0.15, 0.2) is 4.52 Å². The zero-order chi connectivity index (χ0) is 9.54. The fraction of sp³-hybridized carbons (Fsp3) is 0.800. The van der Waals surface area contributed by atoms with Crippen LogP contribution in [-0.2, 0) is 6.42 Å². The van der Waals surface area contributed by atoms with Crippen LogP contribution in [0.3, 0.4) is 0 Å². The van der Waals surface area contributed by atoms with E-state index in [0.29, 0.717) is 18.2 Å². The van der Waals surface area contributed by atoms with Crippen LogP contribution in [0.1, 0.15) is 36.9 Å². The maximum absolute atomic E-state index is 8.72. The lowest BCUT2D eigenvalue weighted by Gasteiger charge is -2.03. The predicted molar refractivity (Wildman–Crippen MR) is 48.7 cm³/mol. The number of aliphatic hydroxyl groups excluding tert-OH is 1. The fourth-order valence-electron chi connectivity index (χ4n) is 2.55. The Morgan fingerprint density at radius 1 is 1.29 bits per heavy atom. The molecule has 0 spiro atoms. The van der Waals surface area contributed by atoms with Crippen LogP contribution >= 0.6 is 0 Å². The van der Waals surface area contributed by atoms with E-state index in [9.17, 15) is 0 Å². The summed E-state index contributed by atoms with van der Waals surface area (Å²) in [4.78, 5) is 4.30. The van der Waals surface area contributed by atoms with Crippen molar-refractivity contribution < 1.29 is 9.63 Å². The van der Waals surface area contributed by atoms with Gasteiger partial charge in [-0.25, -0.2) is 0 Å². The van der Waals surface area contributed by atoms with E-state index in [1.165, 1.54) is 19.3 Å². The SMILES string of the molecule is OCCc1noc(C2CC3CC3C2)n1. The highest BCUT2D eigenvalue weighted by atomic mass is 16.5. The van der Waals surface area contributed by atoms with Gasteiger partial charge in [0.15, 0.2) is 5.82 Å². The van der Waals surface area contributed by atoms with Crippen molar-refractivity contribution in [3.63, 3.8) is 0 Å². The summed E-state index contributed by atoms with van der Waals surface area (Å²) in [7, 11) is 0. The number of hydrogen-bond donors (Lipinski definition) is 1. The molecule has 4 nitrogen and oxygen atoms in total. The Morgan fingerprint density at radius 3 is 2.79 bits per heavy atom. The minimum absolute atomic E-state index is 0.0922. The van der Waals surface area contributed by atoms with Crippen LogP contribution in [0.5, 0.6) is 0 Å². The third-order valence-corrected chi connectivity index (χ3v) is 3.41. The van der Waals surface area contributed by atoms with Crippen molar-refractivity contribution in [1.82, 2.24) is 10.1 Å². The molecule has 0 aliphatic heterocycles. The lowest BCUT2D eigenvalue weighted by molar-refractivity contribution is 0.292. The molecule has 4 heteroatoms. The van der Waals surface area contributed by atoms with Gasteiger partial charge >= 0.3 is 0 Å². The molecule has 0 saturated heterocycles. The lowest BCUT2D eigenvalue weighted by atomic mass is 10.0. The first kappa shape index (κ1) is 8.41. The molecule has 3 rings (SSSR count). The van der Waals surface area contributed by atoms with E-state index >= 15 is 0 Å². The minimum Gasteiger partial charge on any atom is -0.396 e. The molecule has 1 aromatic rings. The van der Waals surface area contributed by atoms with Gasteiger partial charge < -0.3 is 9.63 Å². The number of hydrogen-bond acceptors (Lipinski definition) is 4. The molecule has 0 bridgehead atoms. The number of nitrogens with zero attached hydrogens (tertiary/aromatic N) is 2. The van der Waals surface area contributed by atoms with Gasteiger partial charge in [0, 0.05) is 12.3 Å². The molecule has 0 amide bonds.